The number of allylic oxidation sites excluding steroid dienone is 1. The Hall–Kier alpha value is -2.24. The summed E-state index contributed by atoms with van der Waals surface area (Å²) in [5, 5.41) is 10.2. The molecule has 0 aromatic heterocycles. The third-order valence-electron chi connectivity index (χ3n) is 3.61. The van der Waals surface area contributed by atoms with Crippen LogP contribution in [-0.4, -0.2) is 23.1 Å². The van der Waals surface area contributed by atoms with Crippen molar-refractivity contribution < 1.29 is 14.6 Å². The second kappa shape index (κ2) is 10.7. The summed E-state index contributed by atoms with van der Waals surface area (Å²) in [7, 11) is -0.768. The second-order valence-electron chi connectivity index (χ2n) is 5.88. The van der Waals surface area contributed by atoms with Gasteiger partial charge in [0.2, 0.25) is 0 Å². The number of aliphatic hydroxyl groups is 1. The van der Waals surface area contributed by atoms with Crippen molar-refractivity contribution >= 4 is 16.8 Å². The zero-order valence-corrected chi connectivity index (χ0v) is 16.0. The van der Waals surface area contributed by atoms with Crippen LogP contribution in [0.5, 0.6) is 0 Å². The molecular weight excluding hydrogens is 346 g/mol. The second-order valence-corrected chi connectivity index (χ2v) is 7.60. The van der Waals surface area contributed by atoms with Gasteiger partial charge in [-0.2, -0.15) is 0 Å². The highest BCUT2D eigenvalue weighted by Crippen LogP contribution is 2.14. The molecule has 0 fully saturated rings. The summed E-state index contributed by atoms with van der Waals surface area (Å²) in [5.41, 5.74) is 2.05. The van der Waals surface area contributed by atoms with E-state index in [1.807, 2.05) is 74.5 Å². The molecule has 0 bridgehead atoms. The third-order valence-corrected chi connectivity index (χ3v) is 5.45. The Balaban J connectivity index is 2.12. The minimum Gasteiger partial charge on any atom is -0.443 e. The fourth-order valence-corrected chi connectivity index (χ4v) is 3.72. The number of hydrogen-bond donors (Lipinski definition) is 1. The normalized spacial score (nSPS) is 13.7. The van der Waals surface area contributed by atoms with Crippen molar-refractivity contribution in [2.75, 3.05) is 5.75 Å². The molecule has 4 nitrogen and oxygen atoms in total. The quantitative estimate of drug-likeness (QED) is 0.710. The highest BCUT2D eigenvalue weighted by molar-refractivity contribution is 7.87. The van der Waals surface area contributed by atoms with Gasteiger partial charge in [0.1, 0.15) is 6.61 Å². The number of carbonyl (C=O) groups is 1. The number of aliphatic hydroxyl groups excluding tert-OH is 1. The maximum Gasteiger partial charge on any atom is 0.440 e. The van der Waals surface area contributed by atoms with Crippen LogP contribution >= 0.6 is 0 Å². The third kappa shape index (κ3) is 6.94. The average Bonchev–Trinajstić information content (AvgIpc) is 2.65. The molecular formula is C21H25NO3S. The van der Waals surface area contributed by atoms with Crippen LogP contribution < -0.4 is 0 Å². The molecule has 138 valence electrons. The van der Waals surface area contributed by atoms with E-state index in [9.17, 15) is 9.90 Å². The van der Waals surface area contributed by atoms with E-state index >= 15 is 0 Å². The van der Waals surface area contributed by atoms with Crippen LogP contribution in [0.15, 0.2) is 76.0 Å². The van der Waals surface area contributed by atoms with Crippen molar-refractivity contribution in [2.45, 2.75) is 37.9 Å². The first-order chi connectivity index (χ1) is 12.6. The maximum absolute atomic E-state index is 12.2. The lowest BCUT2D eigenvalue weighted by atomic mass is 10.2. The lowest BCUT2D eigenvalue weighted by molar-refractivity contribution is 0.151. The molecule has 26 heavy (non-hydrogen) atoms. The van der Waals surface area contributed by atoms with Crippen LogP contribution in [0.2, 0.25) is 0 Å². The molecule has 1 unspecified atom stereocenters. The van der Waals surface area contributed by atoms with E-state index in [-0.39, 0.29) is 6.61 Å². The van der Waals surface area contributed by atoms with Crippen LogP contribution in [0.1, 0.15) is 24.5 Å². The summed E-state index contributed by atoms with van der Waals surface area (Å²) in [6.45, 7) is 4.20. The highest BCUT2D eigenvalue weighted by atomic mass is 32.2. The molecule has 2 atom stereocenters. The Bertz CT molecular complexity index is 755. The smallest absolute Gasteiger partial charge is 0.440 e. The molecule has 0 radical (unpaired) electrons. The van der Waals surface area contributed by atoms with Gasteiger partial charge in [-0.1, -0.05) is 77.8 Å². The summed E-state index contributed by atoms with van der Waals surface area (Å²) in [5.74, 6) is 0.361. The lowest BCUT2D eigenvalue weighted by Crippen LogP contribution is -2.15. The maximum atomic E-state index is 12.2. The van der Waals surface area contributed by atoms with Gasteiger partial charge in [-0.15, -0.1) is 4.36 Å². The highest BCUT2D eigenvalue weighted by Gasteiger charge is 2.11. The van der Waals surface area contributed by atoms with Gasteiger partial charge in [0, 0.05) is 10.6 Å². The topological polar surface area (TPSA) is 58.9 Å². The molecule has 0 aliphatic rings. The molecule has 0 heterocycles. The molecule has 2 aromatic rings. The minimum atomic E-state index is -0.768. The number of hydrogen-bond acceptors (Lipinski definition) is 3. The SMILES string of the molecule is CC/C=C/[C@H](O)C/S(=N/C(=O)OCc1ccccc1)c1ccc(C)cc1. The van der Waals surface area contributed by atoms with Crippen LogP contribution in [0.25, 0.3) is 0 Å². The number of ether oxygens (including phenoxy) is 1. The van der Waals surface area contributed by atoms with Crippen molar-refractivity contribution in [2.24, 2.45) is 4.36 Å². The van der Waals surface area contributed by atoms with E-state index in [0.717, 1.165) is 22.4 Å². The van der Waals surface area contributed by atoms with Gasteiger partial charge in [0.15, 0.2) is 0 Å². The van der Waals surface area contributed by atoms with Gasteiger partial charge < -0.3 is 9.84 Å². The minimum absolute atomic E-state index is 0.187. The van der Waals surface area contributed by atoms with Gasteiger partial charge >= 0.3 is 6.09 Å². The summed E-state index contributed by atoms with van der Waals surface area (Å²) < 4.78 is 9.48. The largest absolute Gasteiger partial charge is 0.443 e. The molecule has 0 saturated heterocycles. The van der Waals surface area contributed by atoms with Gasteiger partial charge in [-0.25, -0.2) is 4.79 Å². The molecule has 0 aliphatic heterocycles. The van der Waals surface area contributed by atoms with Gasteiger partial charge in [0.25, 0.3) is 0 Å². The van der Waals surface area contributed by atoms with E-state index in [1.54, 1.807) is 6.08 Å². The number of benzene rings is 2. The van der Waals surface area contributed by atoms with Crippen molar-refractivity contribution in [1.82, 2.24) is 0 Å². The standard InChI is InChI=1S/C21H25NO3S/c1-3-4-10-19(23)16-26(20-13-11-17(2)12-14-20)22-21(24)25-15-18-8-6-5-7-9-18/h4-14,19,23H,3,15-16H2,1-2H3/b10-4+/t19-,26?/m0/s1. The van der Waals surface area contributed by atoms with Crippen LogP contribution in [-0.2, 0) is 22.0 Å². The predicted molar refractivity (Wildman–Crippen MR) is 106 cm³/mol. The number of amides is 1. The molecule has 0 saturated carbocycles. The van der Waals surface area contributed by atoms with E-state index in [1.165, 1.54) is 0 Å². The number of carbonyl (C=O) groups excluding carboxylic acids is 1. The Morgan fingerprint density at radius 3 is 2.54 bits per heavy atom. The Morgan fingerprint density at radius 2 is 1.88 bits per heavy atom. The zero-order chi connectivity index (χ0) is 18.8. The molecule has 2 rings (SSSR count). The molecule has 0 aliphatic carbocycles. The Morgan fingerprint density at radius 1 is 1.19 bits per heavy atom. The fraction of sp³-hybridized carbons (Fsp3) is 0.286. The van der Waals surface area contributed by atoms with Gasteiger partial charge in [-0.05, 0) is 31.0 Å². The predicted octanol–water partition coefficient (Wildman–Crippen LogP) is 4.82. The van der Waals surface area contributed by atoms with Gasteiger partial charge in [0.05, 0.1) is 6.10 Å². The average molecular weight is 372 g/mol. The van der Waals surface area contributed by atoms with E-state index < -0.39 is 22.9 Å². The monoisotopic (exact) mass is 371 g/mol. The molecule has 1 amide bonds. The fourth-order valence-electron chi connectivity index (χ4n) is 2.23. The van der Waals surface area contributed by atoms with Crippen molar-refractivity contribution in [3.05, 3.63) is 77.9 Å². The summed E-state index contributed by atoms with van der Waals surface area (Å²) in [6.07, 6.45) is 3.26. The number of rotatable bonds is 7. The number of aryl methyl sites for hydroxylation is 1. The molecule has 5 heteroatoms. The lowest BCUT2D eigenvalue weighted by Gasteiger charge is -2.11. The van der Waals surface area contributed by atoms with Crippen LogP contribution in [0.4, 0.5) is 4.79 Å². The summed E-state index contributed by atoms with van der Waals surface area (Å²) >= 11 is 0. The van der Waals surface area contributed by atoms with Gasteiger partial charge in [-0.3, -0.25) is 0 Å². The van der Waals surface area contributed by atoms with Crippen molar-refractivity contribution in [3.63, 3.8) is 0 Å². The summed E-state index contributed by atoms with van der Waals surface area (Å²) in [6, 6.07) is 17.4. The van der Waals surface area contributed by atoms with E-state index in [2.05, 4.69) is 4.36 Å². The van der Waals surface area contributed by atoms with Crippen molar-refractivity contribution in [3.8, 4) is 0 Å². The molecule has 0 spiro atoms. The first kappa shape index (κ1) is 20.1. The summed E-state index contributed by atoms with van der Waals surface area (Å²) in [4.78, 5) is 13.1. The molecule has 2 aromatic carbocycles. The van der Waals surface area contributed by atoms with Crippen LogP contribution in [0.3, 0.4) is 0 Å². The Labute approximate surface area is 157 Å². The van der Waals surface area contributed by atoms with E-state index in [0.29, 0.717) is 5.75 Å². The van der Waals surface area contributed by atoms with Crippen molar-refractivity contribution in [1.29, 1.82) is 0 Å². The molecule has 1 N–H and O–H groups in total. The first-order valence-corrected chi connectivity index (χ1v) is 9.98. The first-order valence-electron chi connectivity index (χ1n) is 8.63. The number of nitrogens with zero attached hydrogens (tertiary/aromatic N) is 1. The zero-order valence-electron chi connectivity index (χ0n) is 15.2. The van der Waals surface area contributed by atoms with E-state index in [4.69, 9.17) is 4.74 Å². The Kier molecular flexibility index (Phi) is 8.25. The van der Waals surface area contributed by atoms with Crippen LogP contribution in [0, 0.1) is 6.92 Å².